The van der Waals surface area contributed by atoms with Gasteiger partial charge in [-0.1, -0.05) is 36.0 Å². The molecular weight excluding hydrogens is 218 g/mol. The van der Waals surface area contributed by atoms with Crippen molar-refractivity contribution in [2.24, 2.45) is 0 Å². The molecule has 0 heterocycles. The van der Waals surface area contributed by atoms with Crippen molar-refractivity contribution in [3.63, 3.8) is 0 Å². The number of hydrogen-bond acceptors (Lipinski definition) is 2. The Kier molecular flexibility index (Phi) is 4.87. The SMILES string of the molecule is COCCNC(=S)c1ccc(Cl)cc1. The lowest BCUT2D eigenvalue weighted by atomic mass is 10.2. The van der Waals surface area contributed by atoms with Crippen LogP contribution in [0, 0.1) is 0 Å². The third-order valence-electron chi connectivity index (χ3n) is 1.70. The standard InChI is InChI=1S/C10H12ClNOS/c1-13-7-6-12-10(14)8-2-4-9(11)5-3-8/h2-5H,6-7H2,1H3,(H,12,14). The summed E-state index contributed by atoms with van der Waals surface area (Å²) in [6.45, 7) is 1.37. The number of ether oxygens (including phenoxy) is 1. The normalized spacial score (nSPS) is 9.86. The van der Waals surface area contributed by atoms with E-state index in [0.717, 1.165) is 17.1 Å². The predicted octanol–water partition coefficient (Wildman–Crippen LogP) is 2.25. The molecule has 1 N–H and O–H groups in total. The van der Waals surface area contributed by atoms with Crippen molar-refractivity contribution >= 4 is 28.8 Å². The molecule has 0 aliphatic rings. The molecule has 0 aliphatic heterocycles. The van der Waals surface area contributed by atoms with E-state index < -0.39 is 0 Å². The number of nitrogens with one attached hydrogen (secondary N) is 1. The number of halogens is 1. The zero-order valence-electron chi connectivity index (χ0n) is 7.92. The molecule has 0 amide bonds. The van der Waals surface area contributed by atoms with Gasteiger partial charge in [-0.15, -0.1) is 0 Å². The van der Waals surface area contributed by atoms with Gasteiger partial charge in [-0.05, 0) is 12.1 Å². The van der Waals surface area contributed by atoms with E-state index in [1.165, 1.54) is 0 Å². The van der Waals surface area contributed by atoms with Gasteiger partial charge in [-0.3, -0.25) is 0 Å². The highest BCUT2D eigenvalue weighted by Gasteiger charge is 1.99. The van der Waals surface area contributed by atoms with Crippen LogP contribution in [0.5, 0.6) is 0 Å². The van der Waals surface area contributed by atoms with Crippen LogP contribution in [0.25, 0.3) is 0 Å². The summed E-state index contributed by atoms with van der Waals surface area (Å²) < 4.78 is 4.90. The van der Waals surface area contributed by atoms with Crippen LogP contribution in [0.3, 0.4) is 0 Å². The van der Waals surface area contributed by atoms with Crippen LogP contribution in [-0.4, -0.2) is 25.2 Å². The Balaban J connectivity index is 2.48. The summed E-state index contributed by atoms with van der Waals surface area (Å²) in [7, 11) is 1.66. The number of benzene rings is 1. The summed E-state index contributed by atoms with van der Waals surface area (Å²) in [5, 5.41) is 3.80. The average molecular weight is 230 g/mol. The third-order valence-corrected chi connectivity index (χ3v) is 2.33. The van der Waals surface area contributed by atoms with E-state index in [2.05, 4.69) is 5.32 Å². The van der Waals surface area contributed by atoms with Crippen molar-refractivity contribution in [3.05, 3.63) is 34.9 Å². The van der Waals surface area contributed by atoms with E-state index in [4.69, 9.17) is 28.6 Å². The van der Waals surface area contributed by atoms with Crippen LogP contribution in [-0.2, 0) is 4.74 Å². The van der Waals surface area contributed by atoms with Crippen molar-refractivity contribution in [3.8, 4) is 0 Å². The van der Waals surface area contributed by atoms with Crippen LogP contribution in [0.4, 0.5) is 0 Å². The van der Waals surface area contributed by atoms with Crippen molar-refractivity contribution in [2.45, 2.75) is 0 Å². The maximum absolute atomic E-state index is 5.76. The van der Waals surface area contributed by atoms with Crippen molar-refractivity contribution in [1.29, 1.82) is 0 Å². The first-order valence-electron chi connectivity index (χ1n) is 4.26. The van der Waals surface area contributed by atoms with Gasteiger partial charge in [0, 0.05) is 24.2 Å². The molecule has 0 aromatic heterocycles. The lowest BCUT2D eigenvalue weighted by Gasteiger charge is -2.06. The minimum absolute atomic E-state index is 0.647. The van der Waals surface area contributed by atoms with Crippen LogP contribution >= 0.6 is 23.8 Å². The highest BCUT2D eigenvalue weighted by Crippen LogP contribution is 2.09. The Bertz CT molecular complexity index is 299. The summed E-state index contributed by atoms with van der Waals surface area (Å²) in [4.78, 5) is 0.721. The second-order valence-electron chi connectivity index (χ2n) is 2.76. The van der Waals surface area contributed by atoms with Crippen LogP contribution < -0.4 is 5.32 Å². The molecule has 0 bridgehead atoms. The van der Waals surface area contributed by atoms with Crippen molar-refractivity contribution < 1.29 is 4.74 Å². The van der Waals surface area contributed by atoms with Gasteiger partial charge in [0.25, 0.3) is 0 Å². The molecule has 2 nitrogen and oxygen atoms in total. The molecule has 4 heteroatoms. The third kappa shape index (κ3) is 3.62. The number of rotatable bonds is 4. The Hall–Kier alpha value is -0.640. The topological polar surface area (TPSA) is 21.3 Å². The van der Waals surface area contributed by atoms with Gasteiger partial charge < -0.3 is 10.1 Å². The average Bonchev–Trinajstić information content (AvgIpc) is 2.19. The monoisotopic (exact) mass is 229 g/mol. The highest BCUT2D eigenvalue weighted by atomic mass is 35.5. The van der Waals surface area contributed by atoms with E-state index >= 15 is 0 Å². The Morgan fingerprint density at radius 1 is 1.43 bits per heavy atom. The van der Waals surface area contributed by atoms with E-state index in [0.29, 0.717) is 11.6 Å². The van der Waals surface area contributed by atoms with Gasteiger partial charge >= 0.3 is 0 Å². The quantitative estimate of drug-likeness (QED) is 0.632. The van der Waals surface area contributed by atoms with Gasteiger partial charge in [0.2, 0.25) is 0 Å². The molecule has 1 aromatic rings. The van der Waals surface area contributed by atoms with Crippen molar-refractivity contribution in [2.75, 3.05) is 20.3 Å². The molecule has 1 rings (SSSR count). The zero-order valence-corrected chi connectivity index (χ0v) is 9.49. The molecule has 76 valence electrons. The molecule has 0 spiro atoms. The minimum Gasteiger partial charge on any atom is -0.383 e. The minimum atomic E-state index is 0.647. The lowest BCUT2D eigenvalue weighted by Crippen LogP contribution is -2.25. The molecule has 0 saturated carbocycles. The lowest BCUT2D eigenvalue weighted by molar-refractivity contribution is 0.204. The van der Waals surface area contributed by atoms with Gasteiger partial charge in [-0.2, -0.15) is 0 Å². The largest absolute Gasteiger partial charge is 0.383 e. The summed E-state index contributed by atoms with van der Waals surface area (Å²) in [5.74, 6) is 0. The fourth-order valence-corrected chi connectivity index (χ4v) is 1.33. The zero-order chi connectivity index (χ0) is 10.4. The van der Waals surface area contributed by atoms with Gasteiger partial charge in [0.05, 0.1) is 6.61 Å². The summed E-state index contributed by atoms with van der Waals surface area (Å²) in [6, 6.07) is 7.43. The van der Waals surface area contributed by atoms with Gasteiger partial charge in [0.1, 0.15) is 4.99 Å². The maximum Gasteiger partial charge on any atom is 0.106 e. The van der Waals surface area contributed by atoms with Crippen LogP contribution in [0.2, 0.25) is 5.02 Å². The Labute approximate surface area is 94.2 Å². The van der Waals surface area contributed by atoms with Crippen LogP contribution in [0.1, 0.15) is 5.56 Å². The number of thiocarbonyl (C=S) groups is 1. The molecule has 0 atom stereocenters. The van der Waals surface area contributed by atoms with Crippen molar-refractivity contribution in [1.82, 2.24) is 5.32 Å². The Morgan fingerprint density at radius 2 is 2.07 bits per heavy atom. The first-order valence-corrected chi connectivity index (χ1v) is 5.05. The predicted molar refractivity (Wildman–Crippen MR) is 63.0 cm³/mol. The molecule has 0 aliphatic carbocycles. The summed E-state index contributed by atoms with van der Waals surface area (Å²) in [6.07, 6.45) is 0. The molecular formula is C10H12ClNOS. The fraction of sp³-hybridized carbons (Fsp3) is 0.300. The van der Waals surface area contributed by atoms with Gasteiger partial charge in [-0.25, -0.2) is 0 Å². The number of methoxy groups -OCH3 is 1. The van der Waals surface area contributed by atoms with E-state index in [1.54, 1.807) is 7.11 Å². The fourth-order valence-electron chi connectivity index (χ4n) is 0.970. The number of hydrogen-bond donors (Lipinski definition) is 1. The summed E-state index contributed by atoms with van der Waals surface area (Å²) >= 11 is 10.9. The maximum atomic E-state index is 5.76. The van der Waals surface area contributed by atoms with Gasteiger partial charge in [0.15, 0.2) is 0 Å². The second-order valence-corrected chi connectivity index (χ2v) is 3.60. The van der Waals surface area contributed by atoms with Crippen LogP contribution in [0.15, 0.2) is 24.3 Å². The molecule has 0 saturated heterocycles. The molecule has 1 aromatic carbocycles. The molecule has 0 unspecified atom stereocenters. The highest BCUT2D eigenvalue weighted by molar-refractivity contribution is 7.80. The molecule has 0 radical (unpaired) electrons. The van der Waals surface area contributed by atoms with E-state index in [-0.39, 0.29) is 0 Å². The first kappa shape index (κ1) is 11.4. The smallest absolute Gasteiger partial charge is 0.106 e. The molecule has 0 fully saturated rings. The first-order chi connectivity index (χ1) is 6.74. The van der Waals surface area contributed by atoms with E-state index in [1.807, 2.05) is 24.3 Å². The summed E-state index contributed by atoms with van der Waals surface area (Å²) in [5.41, 5.74) is 0.973. The second kappa shape index (κ2) is 5.96. The van der Waals surface area contributed by atoms with E-state index in [9.17, 15) is 0 Å². The Morgan fingerprint density at radius 3 is 2.64 bits per heavy atom. The molecule has 14 heavy (non-hydrogen) atoms.